The molecule has 0 aliphatic rings. The van der Waals surface area contributed by atoms with Crippen LogP contribution in [0.5, 0.6) is 0 Å². The summed E-state index contributed by atoms with van der Waals surface area (Å²) < 4.78 is 33.1. The van der Waals surface area contributed by atoms with Crippen LogP contribution < -0.4 is 29.6 Å². The molecule has 0 saturated carbocycles. The smallest absolute Gasteiger partial charge is 0.748 e. The summed E-state index contributed by atoms with van der Waals surface area (Å²) >= 11 is 0. The maximum Gasteiger partial charge on any atom is 1.00 e. The molecule has 0 spiro atoms. The summed E-state index contributed by atoms with van der Waals surface area (Å²) in [6, 6.07) is 0. The fourth-order valence-electron chi connectivity index (χ4n) is 3.67. The number of rotatable bonds is 20. The average molecular weight is 429 g/mol. The van der Waals surface area contributed by atoms with Crippen LogP contribution in [-0.4, -0.2) is 29.4 Å². The van der Waals surface area contributed by atoms with Gasteiger partial charge >= 0.3 is 29.6 Å². The van der Waals surface area contributed by atoms with Crippen molar-refractivity contribution in [2.75, 3.05) is 0 Å². The molecule has 164 valence electrons. The van der Waals surface area contributed by atoms with Crippen molar-refractivity contribution in [3.05, 3.63) is 0 Å². The van der Waals surface area contributed by atoms with Crippen molar-refractivity contribution in [3.63, 3.8) is 0 Å². The van der Waals surface area contributed by atoms with Gasteiger partial charge in [-0.1, -0.05) is 104 Å². The van der Waals surface area contributed by atoms with E-state index in [0.717, 1.165) is 57.8 Å². The second kappa shape index (κ2) is 21.1. The molecule has 0 aromatic heterocycles. The fraction of sp³-hybridized carbons (Fsp3) is 1.00. The first-order chi connectivity index (χ1) is 12.9. The normalized spacial score (nSPS) is 13.9. The Morgan fingerprint density at radius 2 is 1.04 bits per heavy atom. The fourth-order valence-corrected chi connectivity index (χ4v) is 4.53. The van der Waals surface area contributed by atoms with Crippen LogP contribution in [0.25, 0.3) is 0 Å². The molecule has 6 heteroatoms. The third-order valence-corrected chi connectivity index (χ3v) is 6.95. The molecule has 0 rings (SSSR count). The Hall–Kier alpha value is 0.870. The van der Waals surface area contributed by atoms with E-state index in [1.165, 1.54) is 44.9 Å². The molecular formula is C22H45NaO4S. The van der Waals surface area contributed by atoms with Crippen molar-refractivity contribution < 1.29 is 47.6 Å². The topological polar surface area (TPSA) is 77.4 Å². The van der Waals surface area contributed by atoms with Crippen LogP contribution in [0.15, 0.2) is 0 Å². The van der Waals surface area contributed by atoms with Crippen LogP contribution >= 0.6 is 0 Å². The molecule has 0 radical (unpaired) electrons. The standard InChI is InChI=1S/C22H46O4S.Na/c1-3-5-6-7-8-9-12-15-18-21(23)19-16-13-10-11-14-17-20-22(4-2)27(24,25)26;/h21-23H,3-20H2,1-2H3,(H,24,25,26);/q;+1/p-1. The van der Waals surface area contributed by atoms with E-state index in [9.17, 15) is 18.1 Å². The summed E-state index contributed by atoms with van der Waals surface area (Å²) in [5.41, 5.74) is 0. The van der Waals surface area contributed by atoms with Gasteiger partial charge in [-0.2, -0.15) is 0 Å². The second-order valence-electron chi connectivity index (χ2n) is 8.14. The molecular weight excluding hydrogens is 383 g/mol. The predicted octanol–water partition coefficient (Wildman–Crippen LogP) is 3.33. The van der Waals surface area contributed by atoms with Gasteiger partial charge in [-0.25, -0.2) is 8.42 Å². The van der Waals surface area contributed by atoms with Gasteiger partial charge in [-0.05, 0) is 25.7 Å². The van der Waals surface area contributed by atoms with Gasteiger partial charge in [0.05, 0.1) is 16.2 Å². The van der Waals surface area contributed by atoms with Crippen LogP contribution in [0.1, 0.15) is 129 Å². The van der Waals surface area contributed by atoms with E-state index < -0.39 is 15.4 Å². The number of hydrogen-bond acceptors (Lipinski definition) is 4. The molecule has 4 nitrogen and oxygen atoms in total. The summed E-state index contributed by atoms with van der Waals surface area (Å²) in [6.07, 6.45) is 19.3. The molecule has 0 heterocycles. The molecule has 0 aliphatic carbocycles. The first-order valence-corrected chi connectivity index (χ1v) is 13.0. The maximum absolute atomic E-state index is 11.0. The monoisotopic (exact) mass is 428 g/mol. The van der Waals surface area contributed by atoms with E-state index in [2.05, 4.69) is 6.92 Å². The van der Waals surface area contributed by atoms with Gasteiger partial charge in [0.15, 0.2) is 0 Å². The Morgan fingerprint density at radius 3 is 1.39 bits per heavy atom. The van der Waals surface area contributed by atoms with Gasteiger partial charge in [0, 0.05) is 5.25 Å². The summed E-state index contributed by atoms with van der Waals surface area (Å²) in [6.45, 7) is 4.01. The van der Waals surface area contributed by atoms with Crippen molar-refractivity contribution in [3.8, 4) is 0 Å². The van der Waals surface area contributed by atoms with Crippen LogP contribution in [0, 0.1) is 0 Å². The van der Waals surface area contributed by atoms with Gasteiger partial charge in [-0.15, -0.1) is 0 Å². The Labute approximate surface area is 197 Å². The van der Waals surface area contributed by atoms with E-state index >= 15 is 0 Å². The molecule has 0 fully saturated rings. The molecule has 1 N–H and O–H groups in total. The molecule has 2 atom stereocenters. The SMILES string of the molecule is CCCCCCCCCCC(O)CCCCCCCCC(CC)S(=O)(=O)[O-].[Na+]. The zero-order valence-corrected chi connectivity index (χ0v) is 21.8. The minimum atomic E-state index is -4.12. The molecule has 0 aliphatic heterocycles. The van der Waals surface area contributed by atoms with Crippen LogP contribution in [-0.2, 0) is 10.1 Å². The summed E-state index contributed by atoms with van der Waals surface area (Å²) in [5.74, 6) is 0. The van der Waals surface area contributed by atoms with Gasteiger partial charge in [0.25, 0.3) is 0 Å². The quantitative estimate of drug-likeness (QED) is 0.183. The first-order valence-electron chi connectivity index (χ1n) is 11.5. The van der Waals surface area contributed by atoms with E-state index in [1.54, 1.807) is 6.92 Å². The Bertz CT molecular complexity index is 415. The second-order valence-corrected chi connectivity index (χ2v) is 9.79. The minimum Gasteiger partial charge on any atom is -0.748 e. The van der Waals surface area contributed by atoms with E-state index in [-0.39, 0.29) is 35.7 Å². The molecule has 0 bridgehead atoms. The van der Waals surface area contributed by atoms with E-state index in [0.29, 0.717) is 12.8 Å². The zero-order chi connectivity index (χ0) is 20.4. The van der Waals surface area contributed by atoms with Crippen molar-refractivity contribution in [1.82, 2.24) is 0 Å². The number of hydrogen-bond donors (Lipinski definition) is 1. The Kier molecular flexibility index (Phi) is 23.4. The molecule has 0 aromatic carbocycles. The first kappa shape index (κ1) is 31.1. The molecule has 2 unspecified atom stereocenters. The van der Waals surface area contributed by atoms with Crippen molar-refractivity contribution in [2.24, 2.45) is 0 Å². The van der Waals surface area contributed by atoms with Crippen LogP contribution in [0.4, 0.5) is 0 Å². The Balaban J connectivity index is 0. The maximum atomic E-state index is 11.0. The third-order valence-electron chi connectivity index (χ3n) is 5.57. The number of aliphatic hydroxyl groups excluding tert-OH is 1. The molecule has 0 amide bonds. The van der Waals surface area contributed by atoms with Gasteiger partial charge < -0.3 is 9.66 Å². The minimum absolute atomic E-state index is 0. The van der Waals surface area contributed by atoms with Crippen LogP contribution in [0.2, 0.25) is 0 Å². The van der Waals surface area contributed by atoms with Crippen molar-refractivity contribution in [2.45, 2.75) is 141 Å². The van der Waals surface area contributed by atoms with Crippen molar-refractivity contribution >= 4 is 10.1 Å². The van der Waals surface area contributed by atoms with Gasteiger partial charge in [0.2, 0.25) is 0 Å². The average Bonchev–Trinajstić information content (AvgIpc) is 2.61. The summed E-state index contributed by atoms with van der Waals surface area (Å²) in [7, 11) is -4.12. The summed E-state index contributed by atoms with van der Waals surface area (Å²) in [4.78, 5) is 0. The van der Waals surface area contributed by atoms with Gasteiger partial charge in [0.1, 0.15) is 0 Å². The molecule has 0 saturated heterocycles. The third kappa shape index (κ3) is 20.2. The van der Waals surface area contributed by atoms with Crippen LogP contribution in [0.3, 0.4) is 0 Å². The predicted molar refractivity (Wildman–Crippen MR) is 114 cm³/mol. The van der Waals surface area contributed by atoms with Crippen molar-refractivity contribution in [1.29, 1.82) is 0 Å². The largest absolute Gasteiger partial charge is 1.00 e. The Morgan fingerprint density at radius 1 is 0.679 bits per heavy atom. The summed E-state index contributed by atoms with van der Waals surface area (Å²) in [5, 5.41) is 9.34. The van der Waals surface area contributed by atoms with E-state index in [4.69, 9.17) is 0 Å². The number of aliphatic hydroxyl groups is 1. The zero-order valence-electron chi connectivity index (χ0n) is 19.0. The number of unbranched alkanes of at least 4 members (excludes halogenated alkanes) is 12. The molecule has 0 aromatic rings. The molecule has 28 heavy (non-hydrogen) atoms. The van der Waals surface area contributed by atoms with E-state index in [1.807, 2.05) is 0 Å². The van der Waals surface area contributed by atoms with Gasteiger partial charge in [-0.3, -0.25) is 0 Å².